The van der Waals surface area contributed by atoms with Gasteiger partial charge in [-0.15, -0.1) is 5.10 Å². The first kappa shape index (κ1) is 14.8. The molecule has 0 saturated heterocycles. The topological polar surface area (TPSA) is 79.8 Å². The first-order valence-electron chi connectivity index (χ1n) is 6.90. The van der Waals surface area contributed by atoms with Gasteiger partial charge in [-0.25, -0.2) is 14.3 Å². The van der Waals surface area contributed by atoms with Gasteiger partial charge in [-0.3, -0.25) is 9.36 Å². The van der Waals surface area contributed by atoms with Gasteiger partial charge >= 0.3 is 5.69 Å². The van der Waals surface area contributed by atoms with Gasteiger partial charge in [-0.05, 0) is 37.5 Å². The number of aryl methyl sites for hydroxylation is 1. The zero-order valence-electron chi connectivity index (χ0n) is 11.9. The van der Waals surface area contributed by atoms with Crippen LogP contribution in [-0.4, -0.2) is 26.4 Å². The van der Waals surface area contributed by atoms with E-state index in [0.717, 1.165) is 18.4 Å². The van der Waals surface area contributed by atoms with Gasteiger partial charge in [0.1, 0.15) is 5.82 Å². The second kappa shape index (κ2) is 5.96. The van der Waals surface area contributed by atoms with Gasteiger partial charge in [-0.2, -0.15) is 0 Å². The molecule has 1 aliphatic rings. The fourth-order valence-electron chi connectivity index (χ4n) is 2.09. The maximum absolute atomic E-state index is 13.2. The minimum atomic E-state index is -0.400. The van der Waals surface area contributed by atoms with Gasteiger partial charge in [0, 0.05) is 11.7 Å². The Bertz CT molecular complexity index is 766. The number of aromatic amines is 1. The maximum Gasteiger partial charge on any atom is 0.344 e. The Morgan fingerprint density at radius 3 is 3.05 bits per heavy atom. The minimum absolute atomic E-state index is 0.104. The standard InChI is InChI=1S/C14H15FN4O2S/c1-8-2-3-9(15)6-11(8)16-12(20)7-22-14-18-17-13(21)19(14)10-4-5-10/h2-3,6,10H,4-5,7H2,1H3,(H,16,20)(H,17,21). The molecule has 2 N–H and O–H groups in total. The molecule has 1 aliphatic carbocycles. The third-order valence-electron chi connectivity index (χ3n) is 3.39. The molecule has 1 saturated carbocycles. The van der Waals surface area contributed by atoms with E-state index in [1.165, 1.54) is 23.9 Å². The average molecular weight is 322 g/mol. The van der Waals surface area contributed by atoms with E-state index in [-0.39, 0.29) is 23.4 Å². The Morgan fingerprint density at radius 1 is 1.55 bits per heavy atom. The number of nitrogens with one attached hydrogen (secondary N) is 2. The first-order valence-corrected chi connectivity index (χ1v) is 7.89. The summed E-state index contributed by atoms with van der Waals surface area (Å²) in [5, 5.41) is 9.52. The van der Waals surface area contributed by atoms with Crippen molar-refractivity contribution in [1.29, 1.82) is 0 Å². The monoisotopic (exact) mass is 322 g/mol. The second-order valence-corrected chi connectivity index (χ2v) is 6.15. The highest BCUT2D eigenvalue weighted by molar-refractivity contribution is 7.99. The fourth-order valence-corrected chi connectivity index (χ4v) is 2.91. The number of carbonyl (C=O) groups is 1. The molecule has 116 valence electrons. The highest BCUT2D eigenvalue weighted by Gasteiger charge is 2.28. The van der Waals surface area contributed by atoms with E-state index in [1.54, 1.807) is 17.6 Å². The lowest BCUT2D eigenvalue weighted by molar-refractivity contribution is -0.113. The Kier molecular flexibility index (Phi) is 4.02. The summed E-state index contributed by atoms with van der Waals surface area (Å²) in [5.41, 5.74) is 0.994. The molecule has 1 fully saturated rings. The summed E-state index contributed by atoms with van der Waals surface area (Å²) in [5.74, 6) is -0.563. The normalized spacial score (nSPS) is 14.1. The molecule has 1 amide bonds. The number of anilines is 1. The van der Waals surface area contributed by atoms with E-state index in [9.17, 15) is 14.0 Å². The number of halogens is 1. The third kappa shape index (κ3) is 3.22. The van der Waals surface area contributed by atoms with E-state index in [2.05, 4.69) is 15.5 Å². The van der Waals surface area contributed by atoms with Gasteiger partial charge in [0.15, 0.2) is 5.16 Å². The van der Waals surface area contributed by atoms with Crippen LogP contribution >= 0.6 is 11.8 Å². The quantitative estimate of drug-likeness (QED) is 0.826. The summed E-state index contributed by atoms with van der Waals surface area (Å²) in [6.07, 6.45) is 1.92. The van der Waals surface area contributed by atoms with Crippen LogP contribution in [0.25, 0.3) is 0 Å². The number of rotatable bonds is 5. The number of amides is 1. The summed E-state index contributed by atoms with van der Waals surface area (Å²) in [7, 11) is 0. The van der Waals surface area contributed by atoms with Crippen LogP contribution in [0.2, 0.25) is 0 Å². The molecule has 3 rings (SSSR count). The molecule has 1 heterocycles. The number of carbonyl (C=O) groups excluding carboxylic acids is 1. The average Bonchev–Trinajstić information content (AvgIpc) is 3.24. The van der Waals surface area contributed by atoms with Crippen molar-refractivity contribution in [2.45, 2.75) is 31.0 Å². The van der Waals surface area contributed by atoms with Crippen LogP contribution < -0.4 is 11.0 Å². The van der Waals surface area contributed by atoms with Crippen LogP contribution in [0.4, 0.5) is 10.1 Å². The molecule has 0 bridgehead atoms. The highest BCUT2D eigenvalue weighted by atomic mass is 32.2. The van der Waals surface area contributed by atoms with E-state index >= 15 is 0 Å². The molecule has 0 spiro atoms. The van der Waals surface area contributed by atoms with Crippen molar-refractivity contribution in [1.82, 2.24) is 14.8 Å². The number of hydrogen-bond donors (Lipinski definition) is 2. The van der Waals surface area contributed by atoms with Crippen LogP contribution in [0.15, 0.2) is 28.2 Å². The Morgan fingerprint density at radius 2 is 2.32 bits per heavy atom. The van der Waals surface area contributed by atoms with Gasteiger partial charge < -0.3 is 5.32 Å². The van der Waals surface area contributed by atoms with E-state index in [0.29, 0.717) is 10.8 Å². The summed E-state index contributed by atoms with van der Waals surface area (Å²) >= 11 is 1.19. The number of nitrogens with zero attached hydrogens (tertiary/aromatic N) is 2. The lowest BCUT2D eigenvalue weighted by Gasteiger charge is -2.08. The summed E-state index contributed by atoms with van der Waals surface area (Å²) in [6, 6.07) is 4.43. The largest absolute Gasteiger partial charge is 0.344 e. The fraction of sp³-hybridized carbons (Fsp3) is 0.357. The number of thioether (sulfide) groups is 1. The van der Waals surface area contributed by atoms with E-state index in [1.807, 2.05) is 0 Å². The van der Waals surface area contributed by atoms with Crippen LogP contribution in [0.5, 0.6) is 0 Å². The van der Waals surface area contributed by atoms with Gasteiger partial charge in [0.25, 0.3) is 0 Å². The SMILES string of the molecule is Cc1ccc(F)cc1NC(=O)CSc1n[nH]c(=O)n1C1CC1. The molecule has 0 atom stereocenters. The van der Waals surface area contributed by atoms with Crippen LogP contribution in [0.1, 0.15) is 24.4 Å². The zero-order valence-corrected chi connectivity index (χ0v) is 12.7. The van der Waals surface area contributed by atoms with Crippen molar-refractivity contribution in [3.63, 3.8) is 0 Å². The maximum atomic E-state index is 13.2. The summed E-state index contributed by atoms with van der Waals surface area (Å²) < 4.78 is 14.8. The van der Waals surface area contributed by atoms with Crippen LogP contribution in [-0.2, 0) is 4.79 Å². The predicted octanol–water partition coefficient (Wildman–Crippen LogP) is 2.08. The van der Waals surface area contributed by atoms with Gasteiger partial charge in [0.2, 0.25) is 5.91 Å². The molecular formula is C14H15FN4O2S. The van der Waals surface area contributed by atoms with E-state index < -0.39 is 5.82 Å². The summed E-state index contributed by atoms with van der Waals surface area (Å²) in [6.45, 7) is 1.79. The van der Waals surface area contributed by atoms with Crippen molar-refractivity contribution in [3.05, 3.63) is 40.1 Å². The molecule has 2 aromatic rings. The molecule has 8 heteroatoms. The van der Waals surface area contributed by atoms with Crippen molar-refractivity contribution in [2.24, 2.45) is 0 Å². The lowest BCUT2D eigenvalue weighted by Crippen LogP contribution is -2.18. The van der Waals surface area contributed by atoms with Crippen molar-refractivity contribution >= 4 is 23.4 Å². The van der Waals surface area contributed by atoms with Crippen molar-refractivity contribution in [2.75, 3.05) is 11.1 Å². The second-order valence-electron chi connectivity index (χ2n) is 5.21. The minimum Gasteiger partial charge on any atom is -0.325 e. The number of aromatic nitrogens is 3. The lowest BCUT2D eigenvalue weighted by atomic mass is 10.2. The predicted molar refractivity (Wildman–Crippen MR) is 81.6 cm³/mol. The number of benzene rings is 1. The molecule has 22 heavy (non-hydrogen) atoms. The molecule has 6 nitrogen and oxygen atoms in total. The van der Waals surface area contributed by atoms with E-state index in [4.69, 9.17) is 0 Å². The molecule has 1 aromatic heterocycles. The Labute approximate surface area is 130 Å². The number of hydrogen-bond acceptors (Lipinski definition) is 4. The highest BCUT2D eigenvalue weighted by Crippen LogP contribution is 2.36. The molecule has 0 radical (unpaired) electrons. The van der Waals surface area contributed by atoms with Crippen molar-refractivity contribution < 1.29 is 9.18 Å². The molecule has 0 aliphatic heterocycles. The van der Waals surface area contributed by atoms with Gasteiger partial charge in [0.05, 0.1) is 5.75 Å². The van der Waals surface area contributed by atoms with Crippen molar-refractivity contribution in [3.8, 4) is 0 Å². The zero-order chi connectivity index (χ0) is 15.7. The summed E-state index contributed by atoms with van der Waals surface area (Å²) in [4.78, 5) is 23.6. The first-order chi connectivity index (χ1) is 10.5. The van der Waals surface area contributed by atoms with Crippen LogP contribution in [0, 0.1) is 12.7 Å². The van der Waals surface area contributed by atoms with Gasteiger partial charge in [-0.1, -0.05) is 17.8 Å². The number of H-pyrrole nitrogens is 1. The molecular weight excluding hydrogens is 307 g/mol. The molecule has 1 aromatic carbocycles. The third-order valence-corrected chi connectivity index (χ3v) is 4.34. The smallest absolute Gasteiger partial charge is 0.325 e. The Hall–Kier alpha value is -2.09. The molecule has 0 unspecified atom stereocenters. The van der Waals surface area contributed by atoms with Crippen LogP contribution in [0.3, 0.4) is 0 Å². The Balaban J connectivity index is 1.63.